The first kappa shape index (κ1) is 37.4. The van der Waals surface area contributed by atoms with E-state index in [1.54, 1.807) is 103 Å². The number of hydrogen-bond acceptors (Lipinski definition) is 1. The van der Waals surface area contributed by atoms with Crippen LogP contribution in [0.15, 0.2) is 24.3 Å². The van der Waals surface area contributed by atoms with E-state index in [2.05, 4.69) is 29.2 Å². The zero-order valence-corrected chi connectivity index (χ0v) is 35.6. The van der Waals surface area contributed by atoms with Crippen LogP contribution in [0.4, 0.5) is 0 Å². The predicted octanol–water partition coefficient (Wildman–Crippen LogP) is 14.6. The van der Waals surface area contributed by atoms with Crippen LogP contribution < -0.4 is 0 Å². The molecule has 1 nitrogen and oxygen atoms in total. The van der Waals surface area contributed by atoms with Gasteiger partial charge in [-0.05, 0) is 236 Å². The molecule has 11 rings (SSSR count). The van der Waals surface area contributed by atoms with Crippen molar-refractivity contribution in [1.29, 1.82) is 0 Å². The molecule has 0 saturated heterocycles. The molecule has 11 saturated carbocycles. The highest BCUT2D eigenvalue weighted by Crippen LogP contribution is 2.63. The minimum atomic E-state index is 0.871. The van der Waals surface area contributed by atoms with Crippen molar-refractivity contribution in [2.45, 2.75) is 217 Å². The van der Waals surface area contributed by atoms with E-state index >= 15 is 0 Å². The molecule has 0 aromatic carbocycles. The van der Waals surface area contributed by atoms with Gasteiger partial charge in [0.25, 0.3) is 0 Å². The van der Waals surface area contributed by atoms with E-state index in [0.29, 0.717) is 0 Å². The van der Waals surface area contributed by atoms with Crippen LogP contribution in [0.3, 0.4) is 0 Å². The number of rotatable bonds is 7. The molecule has 14 unspecified atom stereocenters. The summed E-state index contributed by atoms with van der Waals surface area (Å²) in [6.07, 6.45) is 59.1. The van der Waals surface area contributed by atoms with E-state index in [-0.39, 0.29) is 0 Å². The third-order valence-electron chi connectivity index (χ3n) is 21.4. The molecule has 11 fully saturated rings. The Bertz CT molecular complexity index is 1220. The third kappa shape index (κ3) is 7.27. The van der Waals surface area contributed by atoms with Crippen molar-refractivity contribution in [3.05, 3.63) is 24.3 Å². The molecule has 0 bridgehead atoms. The largest absolute Gasteiger partial charge is 0.294 e. The number of nitrogens with zero attached hydrogens (tertiary/aromatic N) is 1. The summed E-state index contributed by atoms with van der Waals surface area (Å²) in [6.45, 7) is 0. The summed E-state index contributed by atoms with van der Waals surface area (Å²) in [4.78, 5) is 3.26. The summed E-state index contributed by atoms with van der Waals surface area (Å²) in [6, 6.07) is 2.66. The molecule has 0 N–H and O–H groups in total. The minimum absolute atomic E-state index is 0.871. The summed E-state index contributed by atoms with van der Waals surface area (Å²) >= 11 is 0. The van der Waals surface area contributed by atoms with Crippen LogP contribution in [0.2, 0.25) is 0 Å². The van der Waals surface area contributed by atoms with E-state index in [0.717, 1.165) is 113 Å². The zero-order valence-electron chi connectivity index (χ0n) is 35.6. The van der Waals surface area contributed by atoms with Gasteiger partial charge in [-0.1, -0.05) is 82.1 Å². The van der Waals surface area contributed by atoms with Crippen molar-refractivity contribution < 1.29 is 0 Å². The lowest BCUT2D eigenvalue weighted by molar-refractivity contribution is -0.0889. The Morgan fingerprint density at radius 1 is 0.255 bits per heavy atom. The van der Waals surface area contributed by atoms with Crippen LogP contribution in [-0.4, -0.2) is 23.0 Å². The van der Waals surface area contributed by atoms with Crippen LogP contribution in [0.25, 0.3) is 0 Å². The Hall–Kier alpha value is -0.560. The Morgan fingerprint density at radius 2 is 0.618 bits per heavy atom. The quantitative estimate of drug-likeness (QED) is 0.234. The summed E-state index contributed by atoms with van der Waals surface area (Å²) in [5, 5.41) is 0. The molecule has 11 aliphatic rings. The third-order valence-corrected chi connectivity index (χ3v) is 21.4. The maximum absolute atomic E-state index is 3.26. The second-order valence-corrected chi connectivity index (χ2v) is 23.5. The number of allylic oxidation sites excluding steroid dienone is 4. The summed E-state index contributed by atoms with van der Waals surface area (Å²) in [7, 11) is 0. The molecule has 14 atom stereocenters. The van der Waals surface area contributed by atoms with Gasteiger partial charge in [0.2, 0.25) is 0 Å². The molecule has 55 heavy (non-hydrogen) atoms. The van der Waals surface area contributed by atoms with Gasteiger partial charge >= 0.3 is 0 Å². The average Bonchev–Trinajstić information content (AvgIpc) is 3.25. The van der Waals surface area contributed by atoms with E-state index in [9.17, 15) is 0 Å². The van der Waals surface area contributed by atoms with E-state index in [1.165, 1.54) is 96.3 Å². The first-order valence-electron chi connectivity index (χ1n) is 26.4. The highest BCUT2D eigenvalue weighted by molar-refractivity contribution is 5.10. The fourth-order valence-electron chi connectivity index (χ4n) is 19.2. The van der Waals surface area contributed by atoms with Crippen molar-refractivity contribution in [3.63, 3.8) is 0 Å². The highest BCUT2D eigenvalue weighted by Gasteiger charge is 2.54. The van der Waals surface area contributed by atoms with Gasteiger partial charge in [0.05, 0.1) is 0 Å². The van der Waals surface area contributed by atoms with Gasteiger partial charge < -0.3 is 0 Å². The standard InChI is InChI=1S/C54H85N/c1-2-10-46(11-3-1)55(47-30-14-36(15-31-47)12-18-38-20-22-44-26-24-40-6-4-8-42-28-34-49(38)53(44)51(40)42)48-32-16-37(17-33-48)13-19-39-21-23-45-27-25-41-7-5-9-43-29-35-50(39)54(45)52(41)43/h12-13,18-19,36-54H,1-11,14-17,20-35H2. The zero-order chi connectivity index (χ0) is 36.3. The summed E-state index contributed by atoms with van der Waals surface area (Å²) in [5.74, 6) is 16.8. The Morgan fingerprint density at radius 3 is 1.05 bits per heavy atom. The molecule has 0 heterocycles. The van der Waals surface area contributed by atoms with E-state index in [1.807, 2.05) is 0 Å². The van der Waals surface area contributed by atoms with Gasteiger partial charge in [-0.25, -0.2) is 0 Å². The normalized spacial score (nSPS) is 51.5. The van der Waals surface area contributed by atoms with Gasteiger partial charge in [-0.2, -0.15) is 0 Å². The van der Waals surface area contributed by atoms with Crippen LogP contribution in [0.5, 0.6) is 0 Å². The maximum Gasteiger partial charge on any atom is 0.0102 e. The van der Waals surface area contributed by atoms with E-state index in [4.69, 9.17) is 0 Å². The van der Waals surface area contributed by atoms with Crippen molar-refractivity contribution in [3.8, 4) is 0 Å². The lowest BCUT2D eigenvalue weighted by atomic mass is 9.46. The fourth-order valence-corrected chi connectivity index (χ4v) is 19.2. The van der Waals surface area contributed by atoms with Crippen molar-refractivity contribution in [2.75, 3.05) is 0 Å². The number of hydrogen-bond donors (Lipinski definition) is 0. The van der Waals surface area contributed by atoms with Gasteiger partial charge in [0.1, 0.15) is 0 Å². The second-order valence-electron chi connectivity index (χ2n) is 23.5. The van der Waals surface area contributed by atoms with Gasteiger partial charge in [0, 0.05) is 18.1 Å². The van der Waals surface area contributed by atoms with Crippen LogP contribution in [0.1, 0.15) is 199 Å². The molecule has 0 aliphatic heterocycles. The topological polar surface area (TPSA) is 3.24 Å². The minimum Gasteiger partial charge on any atom is -0.294 e. The molecular formula is C54H85N. The maximum atomic E-state index is 3.26. The fraction of sp³-hybridized carbons (Fsp3) is 0.926. The molecule has 0 aromatic heterocycles. The SMILES string of the molecule is C(=CC1CCC2CCC3CCCC4CCC1C2C34)C1CCC(N(C2CCCCC2)C2CCC(C=CC3CCC4CCC5CCCC6CCC3C4C56)CC2)CC1. The molecule has 0 amide bonds. The van der Waals surface area contributed by atoms with Crippen molar-refractivity contribution in [1.82, 2.24) is 4.90 Å². The van der Waals surface area contributed by atoms with Crippen LogP contribution in [-0.2, 0) is 0 Å². The average molecular weight is 748 g/mol. The van der Waals surface area contributed by atoms with Crippen molar-refractivity contribution >= 4 is 0 Å². The van der Waals surface area contributed by atoms with Gasteiger partial charge in [-0.3, -0.25) is 4.90 Å². The first-order chi connectivity index (χ1) is 27.2. The lowest BCUT2D eigenvalue weighted by Crippen LogP contribution is -2.52. The lowest BCUT2D eigenvalue weighted by Gasteiger charge is -2.59. The summed E-state index contributed by atoms with van der Waals surface area (Å²) in [5.41, 5.74) is 0. The van der Waals surface area contributed by atoms with Crippen LogP contribution in [0, 0.1) is 94.7 Å². The molecule has 0 aromatic rings. The van der Waals surface area contributed by atoms with Crippen LogP contribution >= 0.6 is 0 Å². The molecule has 0 spiro atoms. The molecule has 1 heteroatoms. The molecular weight excluding hydrogens is 663 g/mol. The van der Waals surface area contributed by atoms with E-state index < -0.39 is 0 Å². The molecule has 0 radical (unpaired) electrons. The van der Waals surface area contributed by atoms with Gasteiger partial charge in [0.15, 0.2) is 0 Å². The highest BCUT2D eigenvalue weighted by atomic mass is 15.2. The smallest absolute Gasteiger partial charge is 0.0102 e. The molecule has 11 aliphatic carbocycles. The first-order valence-corrected chi connectivity index (χ1v) is 26.4. The predicted molar refractivity (Wildman–Crippen MR) is 230 cm³/mol. The Labute approximate surface area is 339 Å². The monoisotopic (exact) mass is 748 g/mol. The van der Waals surface area contributed by atoms with Gasteiger partial charge in [-0.15, -0.1) is 0 Å². The van der Waals surface area contributed by atoms with Crippen molar-refractivity contribution in [2.24, 2.45) is 94.7 Å². The summed E-state index contributed by atoms with van der Waals surface area (Å²) < 4.78 is 0. The molecule has 306 valence electrons. The second kappa shape index (κ2) is 16.5. The Balaban J connectivity index is 0.699. The Kier molecular flexibility index (Phi) is 11.2.